The Morgan fingerprint density at radius 1 is 0.909 bits per heavy atom. The summed E-state index contributed by atoms with van der Waals surface area (Å²) < 4.78 is 5.57. The molecule has 7 heteroatoms. The molecule has 1 aliphatic carbocycles. The van der Waals surface area contributed by atoms with Gasteiger partial charge in [-0.25, -0.2) is 4.90 Å². The molecule has 2 aliphatic heterocycles. The van der Waals surface area contributed by atoms with Crippen molar-refractivity contribution in [2.75, 3.05) is 11.4 Å². The predicted molar refractivity (Wildman–Crippen MR) is 120 cm³/mol. The summed E-state index contributed by atoms with van der Waals surface area (Å²) in [6.45, 7) is 0.763. The Hall–Kier alpha value is -3.48. The van der Waals surface area contributed by atoms with Crippen LogP contribution in [0.1, 0.15) is 37.7 Å². The van der Waals surface area contributed by atoms with E-state index in [1.807, 2.05) is 30.3 Å². The highest BCUT2D eigenvalue weighted by atomic mass is 16.5. The number of carbonyl (C=O) groups is 4. The van der Waals surface area contributed by atoms with E-state index in [0.717, 1.165) is 31.2 Å². The minimum Gasteiger partial charge on any atom is -0.426 e. The molecule has 3 aliphatic rings. The number of hydrogen-bond acceptors (Lipinski definition) is 5. The highest BCUT2D eigenvalue weighted by Gasteiger charge is 2.48. The van der Waals surface area contributed by atoms with Crippen molar-refractivity contribution >= 4 is 29.4 Å². The summed E-state index contributed by atoms with van der Waals surface area (Å²) in [7, 11) is 0. The number of ether oxygens (including phenoxy) is 1. The van der Waals surface area contributed by atoms with Crippen LogP contribution < -0.4 is 9.64 Å². The number of benzene rings is 2. The fraction of sp³-hybridized carbons (Fsp3) is 0.385. The van der Waals surface area contributed by atoms with Crippen LogP contribution in [0, 0.1) is 17.8 Å². The van der Waals surface area contributed by atoms with E-state index in [9.17, 15) is 19.2 Å². The molecule has 2 aromatic rings. The van der Waals surface area contributed by atoms with Crippen LogP contribution >= 0.6 is 0 Å². The summed E-state index contributed by atoms with van der Waals surface area (Å²) in [4.78, 5) is 53.8. The Labute approximate surface area is 192 Å². The van der Waals surface area contributed by atoms with Crippen molar-refractivity contribution in [1.82, 2.24) is 4.90 Å². The van der Waals surface area contributed by atoms with Gasteiger partial charge in [0.2, 0.25) is 17.7 Å². The highest BCUT2D eigenvalue weighted by Crippen LogP contribution is 2.40. The fourth-order valence-electron chi connectivity index (χ4n) is 5.19. The molecule has 33 heavy (non-hydrogen) atoms. The fourth-order valence-corrected chi connectivity index (χ4v) is 5.19. The third-order valence-corrected chi connectivity index (χ3v) is 6.90. The molecule has 2 saturated heterocycles. The molecule has 0 aromatic heterocycles. The highest BCUT2D eigenvalue weighted by molar-refractivity contribution is 6.22. The van der Waals surface area contributed by atoms with Crippen LogP contribution in [0.5, 0.6) is 5.75 Å². The van der Waals surface area contributed by atoms with Gasteiger partial charge in [-0.3, -0.25) is 19.2 Å². The zero-order valence-corrected chi connectivity index (χ0v) is 18.3. The number of anilines is 1. The lowest BCUT2D eigenvalue weighted by molar-refractivity contribution is -0.139. The first-order valence-corrected chi connectivity index (χ1v) is 11.5. The Balaban J connectivity index is 1.25. The number of rotatable bonds is 5. The number of nitrogens with zero attached hydrogens (tertiary/aromatic N) is 2. The van der Waals surface area contributed by atoms with E-state index < -0.39 is 11.9 Å². The number of imide groups is 1. The van der Waals surface area contributed by atoms with E-state index >= 15 is 0 Å². The summed E-state index contributed by atoms with van der Waals surface area (Å²) in [5, 5.41) is 0. The van der Waals surface area contributed by atoms with Crippen molar-refractivity contribution in [3.05, 3.63) is 60.2 Å². The lowest BCUT2D eigenvalue weighted by Gasteiger charge is -2.19. The average Bonchev–Trinajstić information content (AvgIpc) is 3.32. The zero-order chi connectivity index (χ0) is 22.9. The zero-order valence-electron chi connectivity index (χ0n) is 18.3. The number of amides is 3. The minimum atomic E-state index is -0.553. The van der Waals surface area contributed by atoms with E-state index in [0.29, 0.717) is 18.8 Å². The summed E-state index contributed by atoms with van der Waals surface area (Å²) in [5.74, 6) is -1.65. The van der Waals surface area contributed by atoms with E-state index in [1.54, 1.807) is 29.2 Å². The third kappa shape index (κ3) is 4.15. The largest absolute Gasteiger partial charge is 0.426 e. The van der Waals surface area contributed by atoms with Crippen LogP contribution in [0.3, 0.4) is 0 Å². The topological polar surface area (TPSA) is 84.0 Å². The molecule has 0 spiro atoms. The van der Waals surface area contributed by atoms with Crippen LogP contribution in [0.15, 0.2) is 54.6 Å². The first-order chi connectivity index (χ1) is 16.0. The summed E-state index contributed by atoms with van der Waals surface area (Å²) >= 11 is 0. The van der Waals surface area contributed by atoms with Crippen LogP contribution in [0.25, 0.3) is 0 Å². The van der Waals surface area contributed by atoms with Gasteiger partial charge in [0, 0.05) is 25.6 Å². The minimum absolute atomic E-state index is 0.0783. The molecule has 2 aromatic carbocycles. The van der Waals surface area contributed by atoms with Gasteiger partial charge in [-0.15, -0.1) is 0 Å². The van der Waals surface area contributed by atoms with Gasteiger partial charge in [-0.2, -0.15) is 0 Å². The Kier molecular flexibility index (Phi) is 5.70. The Morgan fingerprint density at radius 3 is 2.30 bits per heavy atom. The molecule has 7 nitrogen and oxygen atoms in total. The Bertz CT molecular complexity index is 1070. The second-order valence-corrected chi connectivity index (χ2v) is 9.09. The van der Waals surface area contributed by atoms with Crippen molar-refractivity contribution in [2.24, 2.45) is 17.8 Å². The predicted octanol–water partition coefficient (Wildman–Crippen LogP) is 3.32. The lowest BCUT2D eigenvalue weighted by Crippen LogP contribution is -2.31. The maximum atomic E-state index is 12.9. The lowest BCUT2D eigenvalue weighted by atomic mass is 9.81. The molecule has 1 saturated carbocycles. The monoisotopic (exact) mass is 446 g/mol. The second-order valence-electron chi connectivity index (χ2n) is 9.09. The second kappa shape index (κ2) is 8.81. The molecule has 0 radical (unpaired) electrons. The molecule has 0 bridgehead atoms. The first kappa shape index (κ1) is 21.4. The van der Waals surface area contributed by atoms with Crippen LogP contribution in [-0.4, -0.2) is 35.1 Å². The number of carbonyl (C=O) groups excluding carboxylic acids is 4. The number of hydrogen-bond donors (Lipinski definition) is 0. The SMILES string of the molecule is O=C(Oc1cccc(N2C(=O)[C@H]3CCCC[C@H]3C2=O)c1)[C@H]1CC(=O)N(Cc2ccccc2)C1. The summed E-state index contributed by atoms with van der Waals surface area (Å²) in [6, 6.07) is 16.2. The van der Waals surface area contributed by atoms with Crippen molar-refractivity contribution in [3.63, 3.8) is 0 Å². The normalized spacial score (nSPS) is 24.8. The maximum Gasteiger partial charge on any atom is 0.316 e. The smallest absolute Gasteiger partial charge is 0.316 e. The quantitative estimate of drug-likeness (QED) is 0.400. The first-order valence-electron chi connectivity index (χ1n) is 11.5. The van der Waals surface area contributed by atoms with Crippen molar-refractivity contribution in [1.29, 1.82) is 0 Å². The van der Waals surface area contributed by atoms with Crippen molar-refractivity contribution in [3.8, 4) is 5.75 Å². The summed E-state index contributed by atoms with van der Waals surface area (Å²) in [5.41, 5.74) is 1.44. The summed E-state index contributed by atoms with van der Waals surface area (Å²) in [6.07, 6.45) is 3.53. The third-order valence-electron chi connectivity index (χ3n) is 6.90. The molecule has 0 N–H and O–H groups in total. The van der Waals surface area contributed by atoms with Gasteiger partial charge in [-0.1, -0.05) is 49.2 Å². The standard InChI is InChI=1S/C26H26N2O5/c29-23-13-18(16-27(23)15-17-7-2-1-3-8-17)26(32)33-20-10-6-9-19(14-20)28-24(30)21-11-4-5-12-22(21)25(28)31/h1-3,6-10,14,18,21-22H,4-5,11-13,15-16H2/t18-,21-,22+/m0/s1. The molecule has 3 amide bonds. The van der Waals surface area contributed by atoms with Gasteiger partial charge < -0.3 is 9.64 Å². The van der Waals surface area contributed by atoms with Crippen LogP contribution in [0.4, 0.5) is 5.69 Å². The number of fused-ring (bicyclic) bond motifs is 1. The van der Waals surface area contributed by atoms with Gasteiger partial charge in [0.1, 0.15) is 5.75 Å². The average molecular weight is 447 g/mol. The molecule has 3 atom stereocenters. The number of esters is 1. The van der Waals surface area contributed by atoms with E-state index in [1.165, 1.54) is 4.90 Å². The molecule has 5 rings (SSSR count). The van der Waals surface area contributed by atoms with E-state index in [4.69, 9.17) is 4.74 Å². The van der Waals surface area contributed by atoms with Gasteiger partial charge in [0.15, 0.2) is 0 Å². The molecule has 0 unspecified atom stereocenters. The van der Waals surface area contributed by atoms with Gasteiger partial charge in [0.25, 0.3) is 0 Å². The van der Waals surface area contributed by atoms with Gasteiger partial charge >= 0.3 is 5.97 Å². The van der Waals surface area contributed by atoms with Gasteiger partial charge in [0.05, 0.1) is 23.4 Å². The van der Waals surface area contributed by atoms with E-state index in [2.05, 4.69) is 0 Å². The van der Waals surface area contributed by atoms with Gasteiger partial charge in [-0.05, 0) is 30.5 Å². The van der Waals surface area contributed by atoms with Crippen LogP contribution in [0.2, 0.25) is 0 Å². The van der Waals surface area contributed by atoms with Crippen molar-refractivity contribution in [2.45, 2.75) is 38.6 Å². The Morgan fingerprint density at radius 2 is 1.61 bits per heavy atom. The van der Waals surface area contributed by atoms with E-state index in [-0.39, 0.29) is 41.7 Å². The van der Waals surface area contributed by atoms with Crippen molar-refractivity contribution < 1.29 is 23.9 Å². The molecular formula is C26H26N2O5. The molecule has 3 fully saturated rings. The maximum absolute atomic E-state index is 12.9. The van der Waals surface area contributed by atoms with Crippen LogP contribution in [-0.2, 0) is 25.7 Å². The molecular weight excluding hydrogens is 420 g/mol. The molecule has 2 heterocycles. The number of likely N-dealkylation sites (tertiary alicyclic amines) is 1. The molecule has 170 valence electrons.